The van der Waals surface area contributed by atoms with Gasteiger partial charge in [-0.25, -0.2) is 0 Å². The lowest BCUT2D eigenvalue weighted by molar-refractivity contribution is 0.734. The molecule has 0 unspecified atom stereocenters. The summed E-state index contributed by atoms with van der Waals surface area (Å²) in [6.45, 7) is 4.29. The minimum Gasteiger partial charge on any atom is -0.0591 e. The van der Waals surface area contributed by atoms with Crippen LogP contribution in [0.4, 0.5) is 0 Å². The van der Waals surface area contributed by atoms with E-state index in [-0.39, 0.29) is 0 Å². The minimum atomic E-state index is 1.12. The summed E-state index contributed by atoms with van der Waals surface area (Å²) in [5.41, 5.74) is 8.47. The predicted molar refractivity (Wildman–Crippen MR) is 113 cm³/mol. The standard InChI is InChI=1S/C26H30/c1-21-7-11-23(12-8-21)5-3-4-6-24-15-17-26(18-16-24)20-19-25-13-9-22(2)10-14-25/h7-18H,3-6,19-20H2,1-2H3. The van der Waals surface area contributed by atoms with Crippen LogP contribution in [0.3, 0.4) is 0 Å². The molecule has 0 saturated carbocycles. The van der Waals surface area contributed by atoms with Crippen molar-refractivity contribution in [1.82, 2.24) is 0 Å². The Bertz CT molecular complexity index is 777. The van der Waals surface area contributed by atoms with E-state index in [4.69, 9.17) is 0 Å². The number of rotatable bonds is 8. The van der Waals surface area contributed by atoms with Crippen LogP contribution in [0.1, 0.15) is 46.2 Å². The van der Waals surface area contributed by atoms with Crippen LogP contribution in [0.5, 0.6) is 0 Å². The van der Waals surface area contributed by atoms with Gasteiger partial charge in [0, 0.05) is 0 Å². The lowest BCUT2D eigenvalue weighted by Gasteiger charge is -2.06. The van der Waals surface area contributed by atoms with Crippen LogP contribution in [0.2, 0.25) is 0 Å². The topological polar surface area (TPSA) is 0 Å². The van der Waals surface area contributed by atoms with Gasteiger partial charge in [0.05, 0.1) is 0 Å². The Morgan fingerprint density at radius 3 is 1.00 bits per heavy atom. The van der Waals surface area contributed by atoms with Crippen molar-refractivity contribution < 1.29 is 0 Å². The summed E-state index contributed by atoms with van der Waals surface area (Å²) < 4.78 is 0. The average molecular weight is 343 g/mol. The molecule has 0 amide bonds. The van der Waals surface area contributed by atoms with Gasteiger partial charge in [-0.2, -0.15) is 0 Å². The Morgan fingerprint density at radius 2 is 0.654 bits per heavy atom. The first-order valence-electron chi connectivity index (χ1n) is 9.88. The smallest absolute Gasteiger partial charge is 0.0238 e. The van der Waals surface area contributed by atoms with Gasteiger partial charge in [0.15, 0.2) is 0 Å². The van der Waals surface area contributed by atoms with Gasteiger partial charge in [-0.05, 0) is 74.6 Å². The molecule has 0 saturated heterocycles. The molecular weight excluding hydrogens is 312 g/mol. The number of aryl methyl sites for hydroxylation is 6. The highest BCUT2D eigenvalue weighted by Crippen LogP contribution is 2.13. The van der Waals surface area contributed by atoms with E-state index in [1.165, 1.54) is 59.1 Å². The van der Waals surface area contributed by atoms with Gasteiger partial charge in [-0.1, -0.05) is 83.9 Å². The summed E-state index contributed by atoms with van der Waals surface area (Å²) in [5.74, 6) is 0. The molecule has 0 aliphatic carbocycles. The number of unbranched alkanes of at least 4 members (excludes halogenated alkanes) is 1. The van der Waals surface area contributed by atoms with Crippen molar-refractivity contribution in [3.05, 3.63) is 106 Å². The fourth-order valence-electron chi connectivity index (χ4n) is 3.33. The zero-order valence-electron chi connectivity index (χ0n) is 16.2. The first kappa shape index (κ1) is 18.5. The van der Waals surface area contributed by atoms with Crippen molar-refractivity contribution in [2.45, 2.75) is 52.4 Å². The highest BCUT2D eigenvalue weighted by molar-refractivity contribution is 5.26. The maximum atomic E-state index is 2.32. The van der Waals surface area contributed by atoms with Gasteiger partial charge in [-0.15, -0.1) is 0 Å². The number of hydrogen-bond acceptors (Lipinski definition) is 0. The Hall–Kier alpha value is -2.34. The molecule has 0 radical (unpaired) electrons. The van der Waals surface area contributed by atoms with Crippen LogP contribution < -0.4 is 0 Å². The average Bonchev–Trinajstić information content (AvgIpc) is 2.67. The molecule has 134 valence electrons. The van der Waals surface area contributed by atoms with Crippen molar-refractivity contribution in [2.24, 2.45) is 0 Å². The lowest BCUT2D eigenvalue weighted by Crippen LogP contribution is -1.93. The third-order valence-corrected chi connectivity index (χ3v) is 5.15. The second-order valence-corrected chi connectivity index (χ2v) is 7.49. The molecule has 26 heavy (non-hydrogen) atoms. The Morgan fingerprint density at radius 1 is 0.385 bits per heavy atom. The normalized spacial score (nSPS) is 10.8. The van der Waals surface area contributed by atoms with E-state index in [0.717, 1.165) is 12.8 Å². The van der Waals surface area contributed by atoms with Crippen LogP contribution in [0, 0.1) is 13.8 Å². The van der Waals surface area contributed by atoms with Gasteiger partial charge in [0.2, 0.25) is 0 Å². The van der Waals surface area contributed by atoms with Crippen LogP contribution in [0.25, 0.3) is 0 Å². The van der Waals surface area contributed by atoms with Gasteiger partial charge in [-0.3, -0.25) is 0 Å². The van der Waals surface area contributed by atoms with Crippen molar-refractivity contribution in [2.75, 3.05) is 0 Å². The SMILES string of the molecule is Cc1ccc(CCCCc2ccc(CCc3ccc(C)cc3)cc2)cc1. The van der Waals surface area contributed by atoms with Crippen LogP contribution in [0.15, 0.2) is 72.8 Å². The van der Waals surface area contributed by atoms with E-state index in [1.807, 2.05) is 0 Å². The Kier molecular flexibility index (Phi) is 6.66. The van der Waals surface area contributed by atoms with Gasteiger partial charge in [0.1, 0.15) is 0 Å². The molecule has 0 bridgehead atoms. The quantitative estimate of drug-likeness (QED) is 0.402. The lowest BCUT2D eigenvalue weighted by atomic mass is 10.00. The fraction of sp³-hybridized carbons (Fsp3) is 0.308. The van der Waals surface area contributed by atoms with Crippen LogP contribution in [-0.4, -0.2) is 0 Å². The summed E-state index contributed by atoms with van der Waals surface area (Å²) in [4.78, 5) is 0. The van der Waals surface area contributed by atoms with Crippen molar-refractivity contribution in [3.8, 4) is 0 Å². The molecule has 0 aliphatic heterocycles. The highest BCUT2D eigenvalue weighted by Gasteiger charge is 1.99. The van der Waals surface area contributed by atoms with E-state index < -0.39 is 0 Å². The summed E-state index contributed by atoms with van der Waals surface area (Å²) in [6, 6.07) is 27.1. The monoisotopic (exact) mass is 342 g/mol. The van der Waals surface area contributed by atoms with Gasteiger partial charge < -0.3 is 0 Å². The van der Waals surface area contributed by atoms with Crippen molar-refractivity contribution in [1.29, 1.82) is 0 Å². The van der Waals surface area contributed by atoms with Crippen LogP contribution >= 0.6 is 0 Å². The zero-order chi connectivity index (χ0) is 18.2. The Balaban J connectivity index is 1.39. The third-order valence-electron chi connectivity index (χ3n) is 5.15. The first-order valence-corrected chi connectivity index (χ1v) is 9.88. The molecule has 0 fully saturated rings. The molecule has 0 spiro atoms. The summed E-state index contributed by atoms with van der Waals surface area (Å²) in [7, 11) is 0. The number of hydrogen-bond donors (Lipinski definition) is 0. The maximum Gasteiger partial charge on any atom is -0.0238 e. The summed E-state index contributed by atoms with van der Waals surface area (Å²) in [5, 5.41) is 0. The Labute approximate surface area is 158 Å². The molecule has 3 aromatic rings. The summed E-state index contributed by atoms with van der Waals surface area (Å²) >= 11 is 0. The van der Waals surface area contributed by atoms with E-state index in [1.54, 1.807) is 0 Å². The van der Waals surface area contributed by atoms with Gasteiger partial charge in [0.25, 0.3) is 0 Å². The largest absolute Gasteiger partial charge is 0.0591 e. The second kappa shape index (κ2) is 9.38. The molecule has 3 rings (SSSR count). The van der Waals surface area contributed by atoms with Crippen molar-refractivity contribution in [3.63, 3.8) is 0 Å². The molecular formula is C26H30. The maximum absolute atomic E-state index is 2.32. The molecule has 0 aromatic heterocycles. The number of benzene rings is 3. The molecule has 0 nitrogen and oxygen atoms in total. The molecule has 0 atom stereocenters. The van der Waals surface area contributed by atoms with Gasteiger partial charge >= 0.3 is 0 Å². The van der Waals surface area contributed by atoms with E-state index in [0.29, 0.717) is 0 Å². The van der Waals surface area contributed by atoms with Crippen molar-refractivity contribution >= 4 is 0 Å². The fourth-order valence-corrected chi connectivity index (χ4v) is 3.33. The summed E-state index contributed by atoms with van der Waals surface area (Å²) in [6.07, 6.45) is 7.14. The molecule has 3 aromatic carbocycles. The van der Waals surface area contributed by atoms with Crippen LogP contribution in [-0.2, 0) is 25.7 Å². The minimum absolute atomic E-state index is 1.12. The third kappa shape index (κ3) is 5.88. The predicted octanol–water partition coefficient (Wildman–Crippen LogP) is 6.65. The molecule has 0 aliphatic rings. The molecule has 0 N–H and O–H groups in total. The molecule has 0 heteroatoms. The van der Waals surface area contributed by atoms with E-state index >= 15 is 0 Å². The zero-order valence-corrected chi connectivity index (χ0v) is 16.2. The van der Waals surface area contributed by atoms with E-state index in [9.17, 15) is 0 Å². The van der Waals surface area contributed by atoms with E-state index in [2.05, 4.69) is 86.6 Å². The molecule has 0 heterocycles. The first-order chi connectivity index (χ1) is 12.7. The second-order valence-electron chi connectivity index (χ2n) is 7.49. The highest BCUT2D eigenvalue weighted by atomic mass is 14.0.